The van der Waals surface area contributed by atoms with Crippen LogP contribution in [0.2, 0.25) is 0 Å². The minimum atomic E-state index is -3.66. The van der Waals surface area contributed by atoms with Gasteiger partial charge in [-0.25, -0.2) is 9.37 Å². The molecule has 4 heterocycles. The van der Waals surface area contributed by atoms with Gasteiger partial charge < -0.3 is 29.8 Å². The first-order valence-corrected chi connectivity index (χ1v) is 16.3. The van der Waals surface area contributed by atoms with E-state index in [1.54, 1.807) is 6.07 Å². The van der Waals surface area contributed by atoms with E-state index in [0.29, 0.717) is 62.9 Å². The smallest absolute Gasteiger partial charge is 0.301 e. The van der Waals surface area contributed by atoms with Gasteiger partial charge >= 0.3 is 10.2 Å². The second-order valence-electron chi connectivity index (χ2n) is 12.5. The third-order valence-corrected chi connectivity index (χ3v) is 9.67. The van der Waals surface area contributed by atoms with E-state index in [0.717, 1.165) is 29.4 Å². The second-order valence-corrected chi connectivity index (χ2v) is 14.2. The van der Waals surface area contributed by atoms with Crippen LogP contribution in [-0.2, 0) is 15.0 Å². The van der Waals surface area contributed by atoms with Crippen molar-refractivity contribution in [3.8, 4) is 0 Å². The number of hydrogen-bond acceptors (Lipinski definition) is 8. The number of anilines is 4. The van der Waals surface area contributed by atoms with Gasteiger partial charge in [0.05, 0.1) is 23.6 Å². The summed E-state index contributed by atoms with van der Waals surface area (Å²) in [6.45, 7) is 11.7. The van der Waals surface area contributed by atoms with Crippen LogP contribution in [0.5, 0.6) is 0 Å². The Labute approximate surface area is 253 Å². The number of piperidine rings is 1. The number of nitrogens with one attached hydrogen (secondary N) is 3. The molecule has 2 saturated heterocycles. The van der Waals surface area contributed by atoms with Crippen molar-refractivity contribution in [2.45, 2.75) is 58.2 Å². The first kappa shape index (κ1) is 31.0. The fourth-order valence-electron chi connectivity index (χ4n) is 6.00. The highest BCUT2D eigenvalue weighted by molar-refractivity contribution is 7.90. The van der Waals surface area contributed by atoms with E-state index >= 15 is 0 Å². The van der Waals surface area contributed by atoms with E-state index in [4.69, 9.17) is 0 Å². The summed E-state index contributed by atoms with van der Waals surface area (Å²) in [5.41, 5.74) is 1.70. The average molecular weight is 615 g/mol. The molecule has 0 radical (unpaired) electrons. The molecular formula is C30H43FN8O3S. The molecule has 3 aromatic rings. The minimum absolute atomic E-state index is 0.0369. The first-order chi connectivity index (χ1) is 20.4. The quantitative estimate of drug-likeness (QED) is 0.311. The van der Waals surface area contributed by atoms with Gasteiger partial charge in [0.15, 0.2) is 5.82 Å². The van der Waals surface area contributed by atoms with Crippen molar-refractivity contribution in [1.29, 1.82) is 0 Å². The molecule has 2 fully saturated rings. The fourth-order valence-corrected chi connectivity index (χ4v) is 7.20. The molecule has 11 nitrogen and oxygen atoms in total. The molecule has 0 spiro atoms. The summed E-state index contributed by atoms with van der Waals surface area (Å²) in [7, 11) is -1.67. The number of likely N-dealkylation sites (N-methyl/N-ethyl adjacent to an activating group) is 1. The molecule has 3 N–H and O–H groups in total. The molecule has 2 aliphatic rings. The fraction of sp³-hybridized carbons (Fsp3) is 0.533. The van der Waals surface area contributed by atoms with E-state index in [-0.39, 0.29) is 17.6 Å². The summed E-state index contributed by atoms with van der Waals surface area (Å²) >= 11 is 0. The van der Waals surface area contributed by atoms with Crippen LogP contribution >= 0.6 is 0 Å². The van der Waals surface area contributed by atoms with Gasteiger partial charge in [-0.1, -0.05) is 0 Å². The zero-order chi connectivity index (χ0) is 30.9. The van der Waals surface area contributed by atoms with Crippen LogP contribution in [0.25, 0.3) is 10.9 Å². The predicted octanol–water partition coefficient (Wildman–Crippen LogP) is 3.88. The van der Waals surface area contributed by atoms with Crippen LogP contribution in [-0.4, -0.2) is 97.8 Å². The Morgan fingerprint density at radius 1 is 1.14 bits per heavy atom. The number of carbonyl (C=O) groups excluding carboxylic acids is 1. The SMILES string of the molecule is CCN(c1ncc(F)cc1NC(C)(C)C)C1CCN(c2cc3cc(NS(=O)(=O)N4CCN(C)CC4)ccc3[nH]2)C(C=O)C1. The predicted molar refractivity (Wildman–Crippen MR) is 171 cm³/mol. The molecule has 1 aromatic carbocycles. The minimum Gasteiger partial charge on any atom is -0.377 e. The molecule has 2 aromatic heterocycles. The first-order valence-electron chi connectivity index (χ1n) is 14.9. The van der Waals surface area contributed by atoms with Crippen molar-refractivity contribution in [2.75, 3.05) is 66.2 Å². The molecule has 2 atom stereocenters. The Morgan fingerprint density at radius 3 is 2.56 bits per heavy atom. The summed E-state index contributed by atoms with van der Waals surface area (Å²) < 4.78 is 44.3. The maximum Gasteiger partial charge on any atom is 0.301 e. The van der Waals surface area contributed by atoms with Gasteiger partial charge in [-0.15, -0.1) is 0 Å². The normalized spacial score (nSPS) is 20.7. The lowest BCUT2D eigenvalue weighted by Gasteiger charge is -2.43. The van der Waals surface area contributed by atoms with Gasteiger partial charge in [0, 0.05) is 67.8 Å². The molecule has 234 valence electrons. The number of rotatable bonds is 9. The van der Waals surface area contributed by atoms with E-state index in [1.807, 2.05) is 52.9 Å². The third-order valence-electron chi connectivity index (χ3n) is 8.14. The Bertz CT molecular complexity index is 1550. The number of aromatic nitrogens is 2. The topological polar surface area (TPSA) is 117 Å². The largest absolute Gasteiger partial charge is 0.377 e. The van der Waals surface area contributed by atoms with E-state index in [2.05, 4.69) is 34.7 Å². The molecule has 2 aliphatic heterocycles. The number of carbonyl (C=O) groups is 1. The molecule has 0 saturated carbocycles. The summed E-state index contributed by atoms with van der Waals surface area (Å²) in [6.07, 6.45) is 3.57. The number of aromatic amines is 1. The van der Waals surface area contributed by atoms with Gasteiger partial charge in [-0.2, -0.15) is 12.7 Å². The van der Waals surface area contributed by atoms with E-state index in [1.165, 1.54) is 16.6 Å². The monoisotopic (exact) mass is 614 g/mol. The zero-order valence-electron chi connectivity index (χ0n) is 25.6. The number of hydrogen-bond donors (Lipinski definition) is 3. The maximum absolute atomic E-state index is 14.2. The van der Waals surface area contributed by atoms with Crippen LogP contribution in [0, 0.1) is 5.82 Å². The highest BCUT2D eigenvalue weighted by Crippen LogP contribution is 2.34. The van der Waals surface area contributed by atoms with Crippen LogP contribution < -0.4 is 19.8 Å². The molecule has 43 heavy (non-hydrogen) atoms. The summed E-state index contributed by atoms with van der Waals surface area (Å²) in [4.78, 5) is 26.6. The average Bonchev–Trinajstić information content (AvgIpc) is 3.37. The number of halogens is 1. The number of benzene rings is 1. The van der Waals surface area contributed by atoms with Crippen LogP contribution in [0.15, 0.2) is 36.5 Å². The lowest BCUT2D eigenvalue weighted by Crippen LogP contribution is -2.51. The summed E-state index contributed by atoms with van der Waals surface area (Å²) in [5.74, 6) is 1.09. The van der Waals surface area contributed by atoms with Crippen LogP contribution in [0.1, 0.15) is 40.5 Å². The van der Waals surface area contributed by atoms with Crippen molar-refractivity contribution < 1.29 is 17.6 Å². The molecule has 13 heteroatoms. The number of aldehydes is 1. The highest BCUT2D eigenvalue weighted by atomic mass is 32.2. The van der Waals surface area contributed by atoms with Crippen LogP contribution in [0.4, 0.5) is 27.4 Å². The van der Waals surface area contributed by atoms with Crippen molar-refractivity contribution >= 4 is 50.4 Å². The summed E-state index contributed by atoms with van der Waals surface area (Å²) in [5, 5.41) is 4.23. The van der Waals surface area contributed by atoms with Gasteiger partial charge in [-0.05, 0) is 71.8 Å². The molecule has 5 rings (SSSR count). The number of H-pyrrole nitrogens is 1. The second kappa shape index (κ2) is 12.3. The van der Waals surface area contributed by atoms with Crippen molar-refractivity contribution in [3.05, 3.63) is 42.3 Å². The number of pyridine rings is 1. The molecular weight excluding hydrogens is 571 g/mol. The number of nitrogens with zero attached hydrogens (tertiary/aromatic N) is 5. The van der Waals surface area contributed by atoms with Crippen LogP contribution in [0.3, 0.4) is 0 Å². The lowest BCUT2D eigenvalue weighted by atomic mass is 9.96. The van der Waals surface area contributed by atoms with Gasteiger partial charge in [0.2, 0.25) is 0 Å². The Morgan fingerprint density at radius 2 is 1.88 bits per heavy atom. The number of piperazine rings is 1. The number of fused-ring (bicyclic) bond motifs is 1. The highest BCUT2D eigenvalue weighted by Gasteiger charge is 2.34. The van der Waals surface area contributed by atoms with Gasteiger partial charge in [0.1, 0.15) is 17.9 Å². The standard InChI is InChI=1S/C30H43FN8O3S/c1-6-38(29-27(34-30(2,3)4)17-22(31)19-32-29)24-9-10-39(25(18-24)20-40)28-16-21-15-23(7-8-26(21)33-28)35-43(41,42)37-13-11-36(5)12-14-37/h7-8,15-17,19-20,24-25,33-35H,6,9-14,18H2,1-5H3. The molecule has 2 unspecified atom stereocenters. The molecule has 0 bridgehead atoms. The summed E-state index contributed by atoms with van der Waals surface area (Å²) in [6, 6.07) is 8.51. The van der Waals surface area contributed by atoms with E-state index in [9.17, 15) is 17.6 Å². The Hall–Kier alpha value is -3.42. The lowest BCUT2D eigenvalue weighted by molar-refractivity contribution is -0.109. The third kappa shape index (κ3) is 7.05. The maximum atomic E-state index is 14.2. The van der Waals surface area contributed by atoms with Gasteiger partial charge in [-0.3, -0.25) is 4.72 Å². The zero-order valence-corrected chi connectivity index (χ0v) is 26.4. The molecule has 0 amide bonds. The molecule has 0 aliphatic carbocycles. The van der Waals surface area contributed by atoms with Gasteiger partial charge in [0.25, 0.3) is 0 Å². The van der Waals surface area contributed by atoms with E-state index < -0.39 is 16.0 Å². The Balaban J connectivity index is 1.32. The van der Waals surface area contributed by atoms with Crippen molar-refractivity contribution in [2.24, 2.45) is 0 Å². The Kier molecular flexibility index (Phi) is 8.87. The van der Waals surface area contributed by atoms with Crippen molar-refractivity contribution in [3.63, 3.8) is 0 Å². The van der Waals surface area contributed by atoms with Crippen molar-refractivity contribution in [1.82, 2.24) is 19.2 Å².